The van der Waals surface area contributed by atoms with Gasteiger partial charge in [0, 0.05) is 4.88 Å². The first-order valence-electron chi connectivity index (χ1n) is 5.49. The Morgan fingerprint density at radius 2 is 2.00 bits per heavy atom. The van der Waals surface area contributed by atoms with Crippen molar-refractivity contribution in [1.82, 2.24) is 4.98 Å². The van der Waals surface area contributed by atoms with Crippen molar-refractivity contribution < 1.29 is 0 Å². The fraction of sp³-hybridized carbons (Fsp3) is 0.308. The molecule has 0 aliphatic rings. The summed E-state index contributed by atoms with van der Waals surface area (Å²) in [6.07, 6.45) is 0.874. The molecule has 0 saturated carbocycles. The van der Waals surface area contributed by atoms with Gasteiger partial charge in [0.1, 0.15) is 0 Å². The molecule has 5 heteroatoms. The summed E-state index contributed by atoms with van der Waals surface area (Å²) in [6, 6.07) is 5.76. The Balaban J connectivity index is 2.18. The van der Waals surface area contributed by atoms with E-state index in [1.807, 2.05) is 32.0 Å². The maximum atomic E-state index is 6.02. The van der Waals surface area contributed by atoms with Crippen molar-refractivity contribution in [3.8, 4) is 0 Å². The summed E-state index contributed by atoms with van der Waals surface area (Å²) in [5.41, 5.74) is 2.26. The van der Waals surface area contributed by atoms with Crippen molar-refractivity contribution in [3.05, 3.63) is 49.4 Å². The molecule has 18 heavy (non-hydrogen) atoms. The molecule has 1 heterocycles. The predicted octanol–water partition coefficient (Wildman–Crippen LogP) is 5.75. The van der Waals surface area contributed by atoms with Crippen LogP contribution in [-0.2, 0) is 6.42 Å². The van der Waals surface area contributed by atoms with Gasteiger partial charge in [0.15, 0.2) is 0 Å². The Labute approximate surface area is 129 Å². The van der Waals surface area contributed by atoms with E-state index in [4.69, 9.17) is 23.2 Å². The van der Waals surface area contributed by atoms with Crippen LogP contribution in [0.1, 0.15) is 26.0 Å². The van der Waals surface area contributed by atoms with E-state index in [0.29, 0.717) is 10.0 Å². The number of aryl methyl sites for hydroxylation is 2. The zero-order valence-electron chi connectivity index (χ0n) is 10.0. The molecule has 1 aromatic carbocycles. The fourth-order valence-electron chi connectivity index (χ4n) is 1.80. The number of thiazole rings is 1. The smallest absolute Gasteiger partial charge is 0.0900 e. The lowest BCUT2D eigenvalue weighted by atomic mass is 10.1. The second-order valence-corrected chi connectivity index (χ2v) is 7.26. The zero-order valence-corrected chi connectivity index (χ0v) is 13.9. The maximum absolute atomic E-state index is 6.02. The predicted molar refractivity (Wildman–Crippen MR) is 83.4 cm³/mol. The van der Waals surface area contributed by atoms with Crippen molar-refractivity contribution in [2.24, 2.45) is 0 Å². The average Bonchev–Trinajstić information content (AvgIpc) is 2.63. The summed E-state index contributed by atoms with van der Waals surface area (Å²) < 4.78 is 0. The SMILES string of the molecule is Cc1nc(C)c(C(Br)Cc2ccc(Cl)c(Cl)c2)s1. The molecule has 1 atom stereocenters. The molecular weight excluding hydrogens is 353 g/mol. The molecular formula is C13H12BrCl2NS. The van der Waals surface area contributed by atoms with Gasteiger partial charge in [0.05, 0.1) is 25.6 Å². The number of halogens is 3. The highest BCUT2D eigenvalue weighted by Gasteiger charge is 2.15. The van der Waals surface area contributed by atoms with Crippen molar-refractivity contribution in [3.63, 3.8) is 0 Å². The second-order valence-electron chi connectivity index (χ2n) is 4.10. The molecule has 0 amide bonds. The van der Waals surface area contributed by atoms with Crippen molar-refractivity contribution in [1.29, 1.82) is 0 Å². The van der Waals surface area contributed by atoms with Gasteiger partial charge in [-0.25, -0.2) is 4.98 Å². The molecule has 2 rings (SSSR count). The normalized spacial score (nSPS) is 12.7. The number of aromatic nitrogens is 1. The fourth-order valence-corrected chi connectivity index (χ4v) is 4.02. The van der Waals surface area contributed by atoms with Gasteiger partial charge in [-0.1, -0.05) is 45.2 Å². The van der Waals surface area contributed by atoms with Gasteiger partial charge < -0.3 is 0 Å². The third kappa shape index (κ3) is 3.27. The Morgan fingerprint density at radius 1 is 1.28 bits per heavy atom. The van der Waals surface area contributed by atoms with Crippen molar-refractivity contribution in [2.45, 2.75) is 25.1 Å². The Hall–Kier alpha value is -0.0900. The first kappa shape index (κ1) is 14.3. The van der Waals surface area contributed by atoms with Crippen LogP contribution >= 0.6 is 50.5 Å². The van der Waals surface area contributed by atoms with E-state index in [-0.39, 0.29) is 4.83 Å². The highest BCUT2D eigenvalue weighted by atomic mass is 79.9. The lowest BCUT2D eigenvalue weighted by molar-refractivity contribution is 0.950. The molecule has 0 spiro atoms. The summed E-state index contributed by atoms with van der Waals surface area (Å²) in [5, 5.41) is 2.29. The Morgan fingerprint density at radius 3 is 2.56 bits per heavy atom. The molecule has 1 aromatic heterocycles. The van der Waals surface area contributed by atoms with Gasteiger partial charge in [0.2, 0.25) is 0 Å². The van der Waals surface area contributed by atoms with Gasteiger partial charge in [-0.15, -0.1) is 11.3 Å². The largest absolute Gasteiger partial charge is 0.247 e. The Bertz CT molecular complexity index is 568. The van der Waals surface area contributed by atoms with Gasteiger partial charge >= 0.3 is 0 Å². The summed E-state index contributed by atoms with van der Waals surface area (Å²) in [5.74, 6) is 0. The number of nitrogens with zero attached hydrogens (tertiary/aromatic N) is 1. The minimum absolute atomic E-state index is 0.265. The molecule has 0 bridgehead atoms. The van der Waals surface area contributed by atoms with Crippen molar-refractivity contribution >= 4 is 50.5 Å². The molecule has 0 saturated heterocycles. The van der Waals surface area contributed by atoms with Crippen molar-refractivity contribution in [2.75, 3.05) is 0 Å². The van der Waals surface area contributed by atoms with E-state index >= 15 is 0 Å². The van der Waals surface area contributed by atoms with Crippen LogP contribution in [-0.4, -0.2) is 4.98 Å². The standard InChI is InChI=1S/C13H12BrCl2NS/c1-7-13(18-8(2)17-7)10(14)5-9-3-4-11(15)12(16)6-9/h3-4,6,10H,5H2,1-2H3. The van der Waals surface area contributed by atoms with E-state index in [2.05, 4.69) is 20.9 Å². The number of hydrogen-bond acceptors (Lipinski definition) is 2. The third-order valence-corrected chi connectivity index (χ3v) is 5.63. The molecule has 0 radical (unpaired) electrons. The van der Waals surface area contributed by atoms with Crippen LogP contribution in [0.25, 0.3) is 0 Å². The zero-order chi connectivity index (χ0) is 13.3. The number of benzene rings is 1. The topological polar surface area (TPSA) is 12.9 Å². The van der Waals surface area contributed by atoms with Crippen LogP contribution in [0.2, 0.25) is 10.0 Å². The molecule has 0 aliphatic heterocycles. The summed E-state index contributed by atoms with van der Waals surface area (Å²) in [6.45, 7) is 4.07. The number of alkyl halides is 1. The van der Waals surface area contributed by atoms with Crippen LogP contribution in [0.3, 0.4) is 0 Å². The van der Waals surface area contributed by atoms with Crippen LogP contribution in [0.4, 0.5) is 0 Å². The quantitative estimate of drug-likeness (QED) is 0.632. The summed E-state index contributed by atoms with van der Waals surface area (Å²) >= 11 is 17.4. The maximum Gasteiger partial charge on any atom is 0.0900 e. The van der Waals surface area contributed by atoms with E-state index in [0.717, 1.165) is 22.7 Å². The molecule has 1 unspecified atom stereocenters. The third-order valence-electron chi connectivity index (χ3n) is 2.62. The highest BCUT2D eigenvalue weighted by Crippen LogP contribution is 2.34. The molecule has 0 fully saturated rings. The van der Waals surface area contributed by atoms with Gasteiger partial charge in [-0.2, -0.15) is 0 Å². The van der Waals surface area contributed by atoms with Crippen LogP contribution in [0.15, 0.2) is 18.2 Å². The van der Waals surface area contributed by atoms with E-state index in [1.54, 1.807) is 11.3 Å². The van der Waals surface area contributed by atoms with Crippen LogP contribution in [0.5, 0.6) is 0 Å². The monoisotopic (exact) mass is 363 g/mol. The minimum atomic E-state index is 0.265. The molecule has 0 N–H and O–H groups in total. The van der Waals surface area contributed by atoms with E-state index in [1.165, 1.54) is 4.88 Å². The Kier molecular flexibility index (Phi) is 4.70. The second kappa shape index (κ2) is 5.91. The lowest BCUT2D eigenvalue weighted by Gasteiger charge is -2.09. The molecule has 96 valence electrons. The average molecular weight is 365 g/mol. The summed E-state index contributed by atoms with van der Waals surface area (Å²) in [4.78, 5) is 5.99. The molecule has 0 aliphatic carbocycles. The number of rotatable bonds is 3. The number of hydrogen-bond donors (Lipinski definition) is 0. The van der Waals surface area contributed by atoms with E-state index < -0.39 is 0 Å². The minimum Gasteiger partial charge on any atom is -0.247 e. The molecule has 2 aromatic rings. The first-order chi connectivity index (χ1) is 8.47. The first-order valence-corrected chi connectivity index (χ1v) is 7.98. The highest BCUT2D eigenvalue weighted by molar-refractivity contribution is 9.09. The van der Waals surface area contributed by atoms with Gasteiger partial charge in [-0.3, -0.25) is 0 Å². The lowest BCUT2D eigenvalue weighted by Crippen LogP contribution is -1.95. The van der Waals surface area contributed by atoms with Crippen LogP contribution in [0, 0.1) is 13.8 Å². The van der Waals surface area contributed by atoms with Gasteiger partial charge in [-0.05, 0) is 38.0 Å². The molecule has 1 nitrogen and oxygen atoms in total. The van der Waals surface area contributed by atoms with E-state index in [9.17, 15) is 0 Å². The summed E-state index contributed by atoms with van der Waals surface area (Å²) in [7, 11) is 0. The van der Waals surface area contributed by atoms with Crippen LogP contribution < -0.4 is 0 Å². The van der Waals surface area contributed by atoms with Gasteiger partial charge in [0.25, 0.3) is 0 Å².